The summed E-state index contributed by atoms with van der Waals surface area (Å²) in [5.74, 6) is 0.734. The molecule has 3 rings (SSSR count). The van der Waals surface area contributed by atoms with Crippen LogP contribution in [0.3, 0.4) is 0 Å². The third kappa shape index (κ3) is 2.82. The number of imidazole rings is 1. The quantitative estimate of drug-likeness (QED) is 0.507. The first-order valence-electron chi connectivity index (χ1n) is 6.18. The normalized spacial score (nSPS) is 10.7. The summed E-state index contributed by atoms with van der Waals surface area (Å²) in [6.45, 7) is 0. The number of hydrogen-bond donors (Lipinski definition) is 3. The van der Waals surface area contributed by atoms with Gasteiger partial charge in [-0.3, -0.25) is 10.4 Å². The van der Waals surface area contributed by atoms with Gasteiger partial charge in [-0.1, -0.05) is 11.8 Å². The number of fused-ring (bicyclic) bond motifs is 1. The number of benzene rings is 1. The summed E-state index contributed by atoms with van der Waals surface area (Å²) >= 11 is 1.46. The van der Waals surface area contributed by atoms with Crippen molar-refractivity contribution in [2.75, 3.05) is 7.11 Å². The number of aromatic nitrogens is 3. The average Bonchev–Trinajstić information content (AvgIpc) is 2.88. The largest absolute Gasteiger partial charge is 0.497 e. The van der Waals surface area contributed by atoms with E-state index in [-0.39, 0.29) is 5.84 Å². The molecule has 3 aromatic rings. The highest BCUT2D eigenvalue weighted by Crippen LogP contribution is 2.28. The number of aromatic amines is 1. The number of pyridine rings is 1. The molecule has 4 N–H and O–H groups in total. The van der Waals surface area contributed by atoms with Crippen LogP contribution in [0.15, 0.2) is 46.6 Å². The van der Waals surface area contributed by atoms with Gasteiger partial charge in [-0.15, -0.1) is 0 Å². The molecule has 0 radical (unpaired) electrons. The lowest BCUT2D eigenvalue weighted by Gasteiger charge is -2.00. The third-order valence-corrected chi connectivity index (χ3v) is 3.77. The first-order chi connectivity index (χ1) is 10.2. The standard InChI is InChI=1S/C14H13N5OS/c1-20-8-2-3-10-11(6-8)19-14(18-10)21-9-4-5-17-12(7-9)13(15)16/h2-7H,1H3,(H3,15,16)(H,18,19). The molecule has 21 heavy (non-hydrogen) atoms. The van der Waals surface area contributed by atoms with E-state index in [4.69, 9.17) is 15.9 Å². The average molecular weight is 299 g/mol. The van der Waals surface area contributed by atoms with E-state index in [1.54, 1.807) is 19.4 Å². The topological polar surface area (TPSA) is 101 Å². The van der Waals surface area contributed by atoms with Crippen LogP contribution in [0, 0.1) is 5.41 Å². The highest BCUT2D eigenvalue weighted by molar-refractivity contribution is 7.99. The van der Waals surface area contributed by atoms with Crippen molar-refractivity contribution in [3.05, 3.63) is 42.2 Å². The van der Waals surface area contributed by atoms with E-state index in [2.05, 4.69) is 15.0 Å². The first-order valence-corrected chi connectivity index (χ1v) is 6.99. The van der Waals surface area contributed by atoms with Crippen molar-refractivity contribution in [1.82, 2.24) is 15.0 Å². The zero-order valence-electron chi connectivity index (χ0n) is 11.3. The number of nitrogen functional groups attached to an aromatic ring is 1. The number of H-pyrrole nitrogens is 1. The Balaban J connectivity index is 1.91. The van der Waals surface area contributed by atoms with E-state index in [9.17, 15) is 0 Å². The molecule has 0 bridgehead atoms. The maximum absolute atomic E-state index is 7.41. The summed E-state index contributed by atoms with van der Waals surface area (Å²) < 4.78 is 5.19. The van der Waals surface area contributed by atoms with E-state index >= 15 is 0 Å². The van der Waals surface area contributed by atoms with Crippen molar-refractivity contribution in [1.29, 1.82) is 5.41 Å². The molecule has 0 unspecified atom stereocenters. The molecule has 0 fully saturated rings. The summed E-state index contributed by atoms with van der Waals surface area (Å²) in [5, 5.41) is 8.18. The van der Waals surface area contributed by atoms with E-state index in [0.717, 1.165) is 26.8 Å². The molecule has 0 saturated carbocycles. The second-order valence-corrected chi connectivity index (χ2v) is 5.38. The molecular formula is C14H13N5OS. The Kier molecular flexibility index (Phi) is 3.49. The lowest BCUT2D eigenvalue weighted by atomic mass is 10.3. The zero-order chi connectivity index (χ0) is 14.8. The Morgan fingerprint density at radius 2 is 2.19 bits per heavy atom. The van der Waals surface area contributed by atoms with Gasteiger partial charge in [-0.05, 0) is 24.3 Å². The van der Waals surface area contributed by atoms with E-state index in [1.165, 1.54) is 11.8 Å². The number of nitrogens with one attached hydrogen (secondary N) is 2. The molecule has 0 aliphatic heterocycles. The van der Waals surface area contributed by atoms with Gasteiger partial charge in [0, 0.05) is 17.2 Å². The molecule has 7 heteroatoms. The Morgan fingerprint density at radius 1 is 1.33 bits per heavy atom. The molecule has 0 spiro atoms. The molecule has 0 aliphatic rings. The predicted molar refractivity (Wildman–Crippen MR) is 82.0 cm³/mol. The van der Waals surface area contributed by atoms with Crippen LogP contribution in [0.1, 0.15) is 5.69 Å². The van der Waals surface area contributed by atoms with Gasteiger partial charge in [0.05, 0.1) is 18.1 Å². The molecule has 0 aliphatic carbocycles. The number of amidine groups is 1. The third-order valence-electron chi connectivity index (χ3n) is 2.89. The van der Waals surface area contributed by atoms with E-state index in [1.807, 2.05) is 24.3 Å². The summed E-state index contributed by atoms with van der Waals surface area (Å²) in [4.78, 5) is 12.7. The summed E-state index contributed by atoms with van der Waals surface area (Å²) in [7, 11) is 1.63. The number of rotatable bonds is 4. The Hall–Kier alpha value is -2.54. The van der Waals surface area contributed by atoms with Crippen molar-refractivity contribution in [3.8, 4) is 5.75 Å². The van der Waals surface area contributed by atoms with Crippen LogP contribution in [0.2, 0.25) is 0 Å². The minimum atomic E-state index is -0.0493. The van der Waals surface area contributed by atoms with Crippen LogP contribution < -0.4 is 10.5 Å². The van der Waals surface area contributed by atoms with Gasteiger partial charge in [0.15, 0.2) is 5.16 Å². The van der Waals surface area contributed by atoms with Crippen LogP contribution >= 0.6 is 11.8 Å². The fourth-order valence-electron chi connectivity index (χ4n) is 1.87. The molecule has 0 saturated heterocycles. The molecular weight excluding hydrogens is 286 g/mol. The number of nitrogens with zero attached hydrogens (tertiary/aromatic N) is 2. The van der Waals surface area contributed by atoms with Gasteiger partial charge < -0.3 is 15.5 Å². The minimum Gasteiger partial charge on any atom is -0.497 e. The van der Waals surface area contributed by atoms with Crippen LogP contribution in [-0.4, -0.2) is 27.9 Å². The van der Waals surface area contributed by atoms with Gasteiger partial charge in [0.2, 0.25) is 0 Å². The van der Waals surface area contributed by atoms with Gasteiger partial charge in [0.25, 0.3) is 0 Å². The lowest BCUT2D eigenvalue weighted by molar-refractivity contribution is 0.415. The van der Waals surface area contributed by atoms with Crippen LogP contribution in [0.5, 0.6) is 5.75 Å². The highest BCUT2D eigenvalue weighted by Gasteiger charge is 2.07. The summed E-state index contributed by atoms with van der Waals surface area (Å²) in [5.41, 5.74) is 7.69. The number of hydrogen-bond acceptors (Lipinski definition) is 5. The number of nitrogens with two attached hydrogens (primary N) is 1. The van der Waals surface area contributed by atoms with Crippen molar-refractivity contribution in [2.45, 2.75) is 10.1 Å². The van der Waals surface area contributed by atoms with Crippen LogP contribution in [0.4, 0.5) is 0 Å². The van der Waals surface area contributed by atoms with E-state index < -0.39 is 0 Å². The van der Waals surface area contributed by atoms with Crippen molar-refractivity contribution >= 4 is 28.6 Å². The zero-order valence-corrected chi connectivity index (χ0v) is 12.1. The smallest absolute Gasteiger partial charge is 0.171 e. The van der Waals surface area contributed by atoms with E-state index in [0.29, 0.717) is 5.69 Å². The van der Waals surface area contributed by atoms with Gasteiger partial charge in [-0.2, -0.15) is 0 Å². The molecule has 1 aromatic carbocycles. The molecule has 6 nitrogen and oxygen atoms in total. The Labute approximate surface area is 125 Å². The van der Waals surface area contributed by atoms with Gasteiger partial charge in [-0.25, -0.2) is 4.98 Å². The lowest BCUT2D eigenvalue weighted by Crippen LogP contribution is -2.12. The van der Waals surface area contributed by atoms with Crippen LogP contribution in [-0.2, 0) is 0 Å². The maximum Gasteiger partial charge on any atom is 0.171 e. The molecule has 0 amide bonds. The highest BCUT2D eigenvalue weighted by atomic mass is 32.2. The Bertz CT molecular complexity index is 814. The van der Waals surface area contributed by atoms with Crippen molar-refractivity contribution in [3.63, 3.8) is 0 Å². The fourth-order valence-corrected chi connectivity index (χ4v) is 2.70. The predicted octanol–water partition coefficient (Wildman–Crippen LogP) is 2.40. The summed E-state index contributed by atoms with van der Waals surface area (Å²) in [6.07, 6.45) is 1.63. The molecule has 2 aromatic heterocycles. The Morgan fingerprint density at radius 3 is 2.95 bits per heavy atom. The second-order valence-electron chi connectivity index (χ2n) is 4.32. The molecule has 0 atom stereocenters. The molecule has 2 heterocycles. The molecule has 106 valence electrons. The van der Waals surface area contributed by atoms with Crippen LogP contribution in [0.25, 0.3) is 11.0 Å². The second kappa shape index (κ2) is 5.45. The number of ether oxygens (including phenoxy) is 1. The fraction of sp³-hybridized carbons (Fsp3) is 0.0714. The van der Waals surface area contributed by atoms with Crippen molar-refractivity contribution in [2.24, 2.45) is 5.73 Å². The number of methoxy groups -OCH3 is 1. The van der Waals surface area contributed by atoms with Gasteiger partial charge >= 0.3 is 0 Å². The SMILES string of the molecule is COc1ccc2nc(Sc3ccnc(C(=N)N)c3)[nH]c2c1. The van der Waals surface area contributed by atoms with Crippen molar-refractivity contribution < 1.29 is 4.74 Å². The maximum atomic E-state index is 7.41. The minimum absolute atomic E-state index is 0.0493. The first kappa shape index (κ1) is 13.4. The summed E-state index contributed by atoms with van der Waals surface area (Å²) in [6, 6.07) is 9.30. The monoisotopic (exact) mass is 299 g/mol. The van der Waals surface area contributed by atoms with Gasteiger partial charge in [0.1, 0.15) is 17.3 Å².